The van der Waals surface area contributed by atoms with Gasteiger partial charge in [-0.25, -0.2) is 0 Å². The van der Waals surface area contributed by atoms with Crippen molar-refractivity contribution in [1.29, 1.82) is 0 Å². The fraction of sp³-hybridized carbons (Fsp3) is 0.176. The molecule has 0 atom stereocenters. The second kappa shape index (κ2) is 6.30. The minimum atomic E-state index is -0.242. The molecule has 2 amide bonds. The molecule has 5 nitrogen and oxygen atoms in total. The molecular weight excluding hydrogens is 316 g/mol. The number of rotatable bonds is 3. The first-order valence-electron chi connectivity index (χ1n) is 7.11. The van der Waals surface area contributed by atoms with Gasteiger partial charge in [0.1, 0.15) is 5.75 Å². The van der Waals surface area contributed by atoms with Crippen LogP contribution in [0.1, 0.15) is 15.9 Å². The van der Waals surface area contributed by atoms with E-state index in [4.69, 9.17) is 16.3 Å². The van der Waals surface area contributed by atoms with Crippen molar-refractivity contribution in [2.45, 2.75) is 6.54 Å². The Hall–Kier alpha value is -2.53. The molecule has 1 aliphatic rings. The minimum Gasteiger partial charge on any atom is -0.482 e. The van der Waals surface area contributed by atoms with Crippen molar-refractivity contribution in [2.24, 2.45) is 0 Å². The molecule has 1 aliphatic heterocycles. The third-order valence-corrected chi connectivity index (χ3v) is 4.01. The van der Waals surface area contributed by atoms with Crippen molar-refractivity contribution < 1.29 is 14.3 Å². The Bertz CT molecular complexity index is 776. The lowest BCUT2D eigenvalue weighted by atomic mass is 10.1. The van der Waals surface area contributed by atoms with Crippen LogP contribution in [0.2, 0.25) is 5.02 Å². The van der Waals surface area contributed by atoms with Crippen LogP contribution in [0.5, 0.6) is 5.75 Å². The summed E-state index contributed by atoms with van der Waals surface area (Å²) >= 11 is 6.01. The Morgan fingerprint density at radius 1 is 1.30 bits per heavy atom. The van der Waals surface area contributed by atoms with Gasteiger partial charge in [0.25, 0.3) is 11.8 Å². The molecule has 2 aromatic carbocycles. The van der Waals surface area contributed by atoms with E-state index in [0.717, 1.165) is 5.56 Å². The molecule has 1 heterocycles. The molecule has 0 fully saturated rings. The lowest BCUT2D eigenvalue weighted by Crippen LogP contribution is -2.35. The Morgan fingerprint density at radius 3 is 2.87 bits per heavy atom. The van der Waals surface area contributed by atoms with E-state index in [1.807, 2.05) is 12.1 Å². The average molecular weight is 331 g/mol. The van der Waals surface area contributed by atoms with Gasteiger partial charge in [0.05, 0.1) is 16.3 Å². The van der Waals surface area contributed by atoms with Gasteiger partial charge in [-0.1, -0.05) is 29.8 Å². The van der Waals surface area contributed by atoms with Crippen LogP contribution < -0.4 is 15.0 Å². The van der Waals surface area contributed by atoms with Crippen LogP contribution in [-0.2, 0) is 11.3 Å². The molecule has 0 aliphatic carbocycles. The maximum atomic E-state index is 12.2. The SMILES string of the molecule is CN1C(=O)COc2ccc(CNC(=O)c3ccccc3Cl)cc21. The summed E-state index contributed by atoms with van der Waals surface area (Å²) in [6, 6.07) is 12.4. The monoisotopic (exact) mass is 330 g/mol. The molecule has 0 radical (unpaired) electrons. The zero-order valence-electron chi connectivity index (χ0n) is 12.5. The third kappa shape index (κ3) is 3.14. The Balaban J connectivity index is 1.73. The van der Waals surface area contributed by atoms with Gasteiger partial charge in [-0.3, -0.25) is 9.59 Å². The number of likely N-dealkylation sites (N-methyl/N-ethyl adjacent to an activating group) is 1. The number of carbonyl (C=O) groups is 2. The van der Waals surface area contributed by atoms with Gasteiger partial charge in [-0.2, -0.15) is 0 Å². The molecule has 0 unspecified atom stereocenters. The number of hydrogen-bond donors (Lipinski definition) is 1. The lowest BCUT2D eigenvalue weighted by molar-refractivity contribution is -0.120. The normalized spacial score (nSPS) is 13.3. The largest absolute Gasteiger partial charge is 0.482 e. The molecule has 1 N–H and O–H groups in total. The summed E-state index contributed by atoms with van der Waals surface area (Å²) < 4.78 is 5.38. The van der Waals surface area contributed by atoms with Crippen molar-refractivity contribution >= 4 is 29.1 Å². The number of fused-ring (bicyclic) bond motifs is 1. The maximum absolute atomic E-state index is 12.2. The van der Waals surface area contributed by atoms with Crippen LogP contribution >= 0.6 is 11.6 Å². The minimum absolute atomic E-state index is 0.0477. The summed E-state index contributed by atoms with van der Waals surface area (Å²) in [6.07, 6.45) is 0. The molecule has 0 aromatic heterocycles. The van der Waals surface area contributed by atoms with Gasteiger partial charge >= 0.3 is 0 Å². The van der Waals surface area contributed by atoms with E-state index >= 15 is 0 Å². The van der Waals surface area contributed by atoms with Crippen molar-refractivity contribution in [3.8, 4) is 5.75 Å². The molecule has 0 saturated carbocycles. The topological polar surface area (TPSA) is 58.6 Å². The summed E-state index contributed by atoms with van der Waals surface area (Å²) in [4.78, 5) is 25.4. The highest BCUT2D eigenvalue weighted by molar-refractivity contribution is 6.33. The van der Waals surface area contributed by atoms with E-state index in [9.17, 15) is 9.59 Å². The highest BCUT2D eigenvalue weighted by atomic mass is 35.5. The van der Waals surface area contributed by atoms with Crippen LogP contribution in [-0.4, -0.2) is 25.5 Å². The van der Waals surface area contributed by atoms with Gasteiger partial charge in [-0.15, -0.1) is 0 Å². The molecule has 0 bridgehead atoms. The van der Waals surface area contributed by atoms with Crippen molar-refractivity contribution in [1.82, 2.24) is 5.32 Å². The third-order valence-electron chi connectivity index (χ3n) is 3.68. The molecule has 6 heteroatoms. The average Bonchev–Trinajstić information content (AvgIpc) is 2.56. The zero-order valence-corrected chi connectivity index (χ0v) is 13.3. The number of nitrogens with zero attached hydrogens (tertiary/aromatic N) is 1. The number of ether oxygens (including phenoxy) is 1. The van der Waals surface area contributed by atoms with Crippen molar-refractivity contribution in [3.05, 3.63) is 58.6 Å². The van der Waals surface area contributed by atoms with E-state index < -0.39 is 0 Å². The molecule has 118 valence electrons. The predicted octanol–water partition coefficient (Wildman–Crippen LogP) is 2.63. The quantitative estimate of drug-likeness (QED) is 0.941. The number of hydrogen-bond acceptors (Lipinski definition) is 3. The Morgan fingerprint density at radius 2 is 2.09 bits per heavy atom. The molecular formula is C17H15ClN2O3. The summed E-state index contributed by atoms with van der Waals surface area (Å²) in [5.41, 5.74) is 2.00. The maximum Gasteiger partial charge on any atom is 0.264 e. The summed E-state index contributed by atoms with van der Waals surface area (Å²) in [5, 5.41) is 3.23. The van der Waals surface area contributed by atoms with Crippen LogP contribution in [0.25, 0.3) is 0 Å². The van der Waals surface area contributed by atoms with Crippen LogP contribution in [0.15, 0.2) is 42.5 Å². The van der Waals surface area contributed by atoms with E-state index in [0.29, 0.717) is 28.6 Å². The molecule has 0 saturated heterocycles. The summed E-state index contributed by atoms with van der Waals surface area (Å²) in [5.74, 6) is 0.317. The Kier molecular flexibility index (Phi) is 4.21. The van der Waals surface area contributed by atoms with Crippen LogP contribution in [0.4, 0.5) is 5.69 Å². The molecule has 23 heavy (non-hydrogen) atoms. The van der Waals surface area contributed by atoms with Gasteiger partial charge in [0, 0.05) is 13.6 Å². The number of anilines is 1. The van der Waals surface area contributed by atoms with Gasteiger partial charge in [-0.05, 0) is 29.8 Å². The lowest BCUT2D eigenvalue weighted by Gasteiger charge is -2.26. The molecule has 0 spiro atoms. The second-order valence-corrected chi connectivity index (χ2v) is 5.61. The van der Waals surface area contributed by atoms with E-state index in [1.165, 1.54) is 0 Å². The van der Waals surface area contributed by atoms with E-state index in [1.54, 1.807) is 42.3 Å². The second-order valence-electron chi connectivity index (χ2n) is 5.21. The smallest absolute Gasteiger partial charge is 0.264 e. The number of carbonyl (C=O) groups excluding carboxylic acids is 2. The first kappa shape index (κ1) is 15.4. The first-order valence-corrected chi connectivity index (χ1v) is 7.49. The van der Waals surface area contributed by atoms with Crippen molar-refractivity contribution in [2.75, 3.05) is 18.6 Å². The van der Waals surface area contributed by atoms with E-state index in [2.05, 4.69) is 5.32 Å². The first-order chi connectivity index (χ1) is 11.1. The number of amides is 2. The number of halogens is 1. The van der Waals surface area contributed by atoms with Crippen LogP contribution in [0.3, 0.4) is 0 Å². The van der Waals surface area contributed by atoms with Gasteiger partial charge in [0.15, 0.2) is 6.61 Å². The Labute approximate surface area is 138 Å². The fourth-order valence-electron chi connectivity index (χ4n) is 2.35. The summed E-state index contributed by atoms with van der Waals surface area (Å²) in [7, 11) is 1.70. The zero-order chi connectivity index (χ0) is 16.4. The standard InChI is InChI=1S/C17H15ClN2O3/c1-20-14-8-11(6-7-15(14)23-10-16(20)21)9-19-17(22)12-4-2-3-5-13(12)18/h2-8H,9-10H2,1H3,(H,19,22). The van der Waals surface area contributed by atoms with Gasteiger partial charge in [0.2, 0.25) is 0 Å². The van der Waals surface area contributed by atoms with E-state index in [-0.39, 0.29) is 18.4 Å². The summed E-state index contributed by atoms with van der Waals surface area (Å²) in [6.45, 7) is 0.380. The number of nitrogens with one attached hydrogen (secondary N) is 1. The van der Waals surface area contributed by atoms with Gasteiger partial charge < -0.3 is 15.0 Å². The van der Waals surface area contributed by atoms with Crippen molar-refractivity contribution in [3.63, 3.8) is 0 Å². The predicted molar refractivity (Wildman–Crippen MR) is 88.0 cm³/mol. The highest BCUT2D eigenvalue weighted by Crippen LogP contribution is 2.31. The molecule has 2 aromatic rings. The highest BCUT2D eigenvalue weighted by Gasteiger charge is 2.22. The van der Waals surface area contributed by atoms with Crippen LogP contribution in [0, 0.1) is 0 Å². The fourth-order valence-corrected chi connectivity index (χ4v) is 2.57. The number of benzene rings is 2. The molecule has 3 rings (SSSR count).